The summed E-state index contributed by atoms with van der Waals surface area (Å²) in [7, 11) is 1.59. The molecule has 3 heterocycles. The number of rotatable bonds is 3. The minimum absolute atomic E-state index is 0.516. The number of aliphatic imine (C=N–C) groups is 1. The molecule has 1 saturated heterocycles. The Morgan fingerprint density at radius 3 is 2.85 bits per heavy atom. The van der Waals surface area contributed by atoms with Crippen molar-refractivity contribution in [2.75, 3.05) is 49.4 Å². The highest BCUT2D eigenvalue weighted by molar-refractivity contribution is 5.84. The molecule has 26 heavy (non-hydrogen) atoms. The number of aromatic nitrogens is 1. The van der Waals surface area contributed by atoms with Crippen molar-refractivity contribution in [2.24, 2.45) is 10.7 Å². The molecular weight excluding hydrogens is 332 g/mol. The Morgan fingerprint density at radius 1 is 1.27 bits per heavy atom. The first-order chi connectivity index (χ1) is 12.6. The zero-order valence-corrected chi connectivity index (χ0v) is 14.6. The third kappa shape index (κ3) is 2.73. The number of anilines is 3. The molecule has 2 aliphatic heterocycles. The molecule has 0 saturated carbocycles. The number of hydrogen-bond donors (Lipinski definition) is 3. The van der Waals surface area contributed by atoms with Crippen LogP contribution in [0.25, 0.3) is 0 Å². The number of nitrogens with two attached hydrogens (primary N) is 2. The topological polar surface area (TPSA) is 111 Å². The highest BCUT2D eigenvalue weighted by atomic mass is 16.5. The lowest BCUT2D eigenvalue weighted by Crippen LogP contribution is -2.40. The molecule has 0 amide bonds. The molecule has 0 aliphatic carbocycles. The van der Waals surface area contributed by atoms with Crippen LogP contribution in [0.4, 0.5) is 17.2 Å². The first-order valence-electron chi connectivity index (χ1n) is 8.48. The van der Waals surface area contributed by atoms with Crippen LogP contribution in [-0.2, 0) is 10.4 Å². The molecule has 1 atom stereocenters. The predicted octanol–water partition coefficient (Wildman–Crippen LogP) is 1.12. The summed E-state index contributed by atoms with van der Waals surface area (Å²) in [4.78, 5) is 11.2. The second-order valence-electron chi connectivity index (χ2n) is 6.31. The molecule has 1 aromatic carbocycles. The number of nitrogens with zero attached hydrogens (tertiary/aromatic N) is 3. The summed E-state index contributed by atoms with van der Waals surface area (Å²) in [5, 5.41) is 3.12. The lowest BCUT2D eigenvalue weighted by atomic mass is 9.90. The van der Waals surface area contributed by atoms with Crippen molar-refractivity contribution >= 4 is 23.5 Å². The van der Waals surface area contributed by atoms with Gasteiger partial charge >= 0.3 is 0 Å². The monoisotopic (exact) mass is 354 g/mol. The van der Waals surface area contributed by atoms with Gasteiger partial charge < -0.3 is 25.4 Å². The Morgan fingerprint density at radius 2 is 2.08 bits per heavy atom. The molecular formula is C18H22N6O2. The van der Waals surface area contributed by atoms with E-state index in [0.29, 0.717) is 24.7 Å². The number of methoxy groups -OCH3 is 1. The van der Waals surface area contributed by atoms with E-state index in [2.05, 4.69) is 20.2 Å². The summed E-state index contributed by atoms with van der Waals surface area (Å²) in [6, 6.07) is 7.52. The zero-order valence-electron chi connectivity index (χ0n) is 14.6. The predicted molar refractivity (Wildman–Crippen MR) is 102 cm³/mol. The van der Waals surface area contributed by atoms with Crippen LogP contribution in [0, 0.1) is 0 Å². The van der Waals surface area contributed by atoms with Crippen LogP contribution in [0.2, 0.25) is 0 Å². The number of nitrogens with one attached hydrogen (secondary N) is 1. The fourth-order valence-electron chi connectivity index (χ4n) is 3.33. The van der Waals surface area contributed by atoms with Crippen molar-refractivity contribution in [3.63, 3.8) is 0 Å². The third-order valence-corrected chi connectivity index (χ3v) is 4.79. The molecule has 5 N–H and O–H groups in total. The van der Waals surface area contributed by atoms with Crippen molar-refractivity contribution in [2.45, 2.75) is 5.66 Å². The molecule has 0 bridgehead atoms. The van der Waals surface area contributed by atoms with Crippen LogP contribution >= 0.6 is 0 Å². The van der Waals surface area contributed by atoms with Gasteiger partial charge in [0.2, 0.25) is 0 Å². The molecule has 0 spiro atoms. The molecule has 0 radical (unpaired) electrons. The number of fused-ring (bicyclic) bond motifs is 1. The van der Waals surface area contributed by atoms with E-state index in [0.717, 1.165) is 35.7 Å². The average molecular weight is 354 g/mol. The summed E-state index contributed by atoms with van der Waals surface area (Å²) < 4.78 is 10.7. The maximum Gasteiger partial charge on any atom is 0.163 e. The average Bonchev–Trinajstić information content (AvgIpc) is 2.69. The quantitative estimate of drug-likeness (QED) is 0.708. The van der Waals surface area contributed by atoms with E-state index in [4.69, 9.17) is 20.9 Å². The molecule has 136 valence electrons. The molecule has 2 aromatic rings. The van der Waals surface area contributed by atoms with E-state index in [9.17, 15) is 0 Å². The molecule has 8 heteroatoms. The number of hydrogen-bond acceptors (Lipinski definition) is 8. The second kappa shape index (κ2) is 6.47. The number of nitrogen functional groups attached to an aromatic ring is 1. The number of benzene rings is 1. The molecule has 4 rings (SSSR count). The van der Waals surface area contributed by atoms with Gasteiger partial charge in [0.1, 0.15) is 11.6 Å². The molecule has 1 unspecified atom stereocenters. The Kier molecular flexibility index (Phi) is 4.14. The van der Waals surface area contributed by atoms with E-state index in [1.807, 2.05) is 24.3 Å². The number of ether oxygens (including phenoxy) is 2. The lowest BCUT2D eigenvalue weighted by molar-refractivity contribution is 0.122. The highest BCUT2D eigenvalue weighted by Crippen LogP contribution is 2.40. The maximum atomic E-state index is 6.75. The Bertz CT molecular complexity index is 850. The smallest absolute Gasteiger partial charge is 0.163 e. The van der Waals surface area contributed by atoms with Gasteiger partial charge in [-0.25, -0.2) is 9.98 Å². The van der Waals surface area contributed by atoms with Crippen molar-refractivity contribution in [3.8, 4) is 5.75 Å². The molecule has 8 nitrogen and oxygen atoms in total. The van der Waals surface area contributed by atoms with Crippen LogP contribution in [0.3, 0.4) is 0 Å². The lowest BCUT2D eigenvalue weighted by Gasteiger charge is -2.33. The number of pyridine rings is 1. The minimum atomic E-state index is -1.05. The Hall–Kier alpha value is -2.84. The van der Waals surface area contributed by atoms with Gasteiger partial charge in [-0.15, -0.1) is 0 Å². The van der Waals surface area contributed by atoms with E-state index < -0.39 is 5.66 Å². The van der Waals surface area contributed by atoms with Crippen LogP contribution < -0.4 is 26.4 Å². The summed E-state index contributed by atoms with van der Waals surface area (Å²) in [6.45, 7) is 3.00. The normalized spacial score (nSPS) is 21.8. The first-order valence-corrected chi connectivity index (χ1v) is 8.48. The summed E-state index contributed by atoms with van der Waals surface area (Å²) in [5.41, 5.74) is 14.8. The summed E-state index contributed by atoms with van der Waals surface area (Å²) >= 11 is 0. The second-order valence-corrected chi connectivity index (χ2v) is 6.31. The standard InChI is InChI=1S/C18H22N6O2/c1-25-16-10-15-13(9-14(16)19)18(20,23-11-22-15)12-2-3-21-17(8-12)24-4-6-26-7-5-24/h2-3,8-11H,4-7,19-20H2,1H3,(H,22,23). The van der Waals surface area contributed by atoms with Crippen LogP contribution in [0.1, 0.15) is 11.1 Å². The Balaban J connectivity index is 1.77. The third-order valence-electron chi connectivity index (χ3n) is 4.79. The van der Waals surface area contributed by atoms with Gasteiger partial charge in [0.05, 0.1) is 38.0 Å². The summed E-state index contributed by atoms with van der Waals surface area (Å²) in [5.74, 6) is 1.46. The van der Waals surface area contributed by atoms with Crippen molar-refractivity contribution < 1.29 is 9.47 Å². The highest BCUT2D eigenvalue weighted by Gasteiger charge is 2.35. The van der Waals surface area contributed by atoms with Gasteiger partial charge in [0.25, 0.3) is 0 Å². The van der Waals surface area contributed by atoms with Gasteiger partial charge in [-0.05, 0) is 18.2 Å². The van der Waals surface area contributed by atoms with Crippen molar-refractivity contribution in [1.29, 1.82) is 0 Å². The van der Waals surface area contributed by atoms with Crippen LogP contribution in [-0.4, -0.2) is 44.7 Å². The van der Waals surface area contributed by atoms with Crippen molar-refractivity contribution in [1.82, 2.24) is 4.98 Å². The van der Waals surface area contributed by atoms with E-state index in [1.165, 1.54) is 0 Å². The largest absolute Gasteiger partial charge is 0.495 e. The molecule has 1 fully saturated rings. The number of morpholine rings is 1. The van der Waals surface area contributed by atoms with Gasteiger partial charge in [0.15, 0.2) is 5.66 Å². The molecule has 1 aromatic heterocycles. The minimum Gasteiger partial charge on any atom is -0.495 e. The van der Waals surface area contributed by atoms with Gasteiger partial charge in [-0.1, -0.05) is 0 Å². The van der Waals surface area contributed by atoms with Crippen LogP contribution in [0.15, 0.2) is 35.5 Å². The van der Waals surface area contributed by atoms with Crippen LogP contribution in [0.5, 0.6) is 5.75 Å². The first kappa shape index (κ1) is 16.6. The summed E-state index contributed by atoms with van der Waals surface area (Å²) in [6.07, 6.45) is 3.37. The molecule has 2 aliphatic rings. The maximum absolute atomic E-state index is 6.75. The van der Waals surface area contributed by atoms with E-state index in [1.54, 1.807) is 19.6 Å². The van der Waals surface area contributed by atoms with E-state index in [-0.39, 0.29) is 0 Å². The van der Waals surface area contributed by atoms with Gasteiger partial charge in [-0.2, -0.15) is 0 Å². The Labute approximate surface area is 151 Å². The van der Waals surface area contributed by atoms with E-state index >= 15 is 0 Å². The van der Waals surface area contributed by atoms with Crippen molar-refractivity contribution in [3.05, 3.63) is 41.6 Å². The zero-order chi connectivity index (χ0) is 18.1. The SMILES string of the molecule is COc1cc2c(cc1N)C(N)(c1ccnc(N3CCOCC3)c1)N=CN2. The fraction of sp³-hybridized carbons (Fsp3) is 0.333. The van der Waals surface area contributed by atoms with Gasteiger partial charge in [0, 0.05) is 36.5 Å². The fourth-order valence-corrected chi connectivity index (χ4v) is 3.33. The van der Waals surface area contributed by atoms with Gasteiger partial charge in [-0.3, -0.25) is 5.73 Å².